The average molecular weight is 681 g/mol. The number of hydrogen-bond acceptors (Lipinski definition) is 4. The van der Waals surface area contributed by atoms with Crippen molar-refractivity contribution >= 4 is 105 Å². The van der Waals surface area contributed by atoms with Crippen LogP contribution in [0, 0.1) is 6.92 Å². The van der Waals surface area contributed by atoms with Crippen LogP contribution in [0.1, 0.15) is 5.56 Å². The molecule has 0 radical (unpaired) electrons. The molecule has 0 spiro atoms. The van der Waals surface area contributed by atoms with Crippen LogP contribution in [0.25, 0.3) is 76.2 Å². The third kappa shape index (κ3) is 4.99. The van der Waals surface area contributed by atoms with Gasteiger partial charge < -0.3 is 19.1 Å². The molecule has 0 unspecified atom stereocenters. The molecular weight excluding hydrogens is 649 g/mol. The standard InChI is InChI=1S/C49H32N2O2/c1-30-9-8-14-40(19-30)51(39-12-6-3-7-13-39)41-18-16-32-23-43-45-25-35-24-44-42-22-31-15-17-38(50-37-10-4-2-5-11-37)20-33(31)26-46(42)52-48(44)28-36(35)29-49(45)53-47(43)27-34(32)21-41/h2-29,50H,1H3. The number of fused-ring (bicyclic) bond motifs is 9. The van der Waals surface area contributed by atoms with Crippen LogP contribution in [0.4, 0.5) is 28.4 Å². The van der Waals surface area contributed by atoms with Gasteiger partial charge in [0.15, 0.2) is 0 Å². The maximum absolute atomic E-state index is 6.58. The molecular formula is C49H32N2O2. The summed E-state index contributed by atoms with van der Waals surface area (Å²) >= 11 is 0. The normalized spacial score (nSPS) is 11.9. The van der Waals surface area contributed by atoms with Crippen molar-refractivity contribution in [2.75, 3.05) is 10.2 Å². The van der Waals surface area contributed by atoms with E-state index in [1.54, 1.807) is 0 Å². The van der Waals surface area contributed by atoms with Crippen LogP contribution in [-0.4, -0.2) is 0 Å². The summed E-state index contributed by atoms with van der Waals surface area (Å²) in [6.07, 6.45) is 0. The van der Waals surface area contributed by atoms with Gasteiger partial charge in [-0.2, -0.15) is 0 Å². The Labute approximate surface area is 305 Å². The van der Waals surface area contributed by atoms with Crippen molar-refractivity contribution in [2.24, 2.45) is 0 Å². The van der Waals surface area contributed by atoms with Gasteiger partial charge in [-0.25, -0.2) is 0 Å². The van der Waals surface area contributed by atoms with E-state index in [9.17, 15) is 0 Å². The molecule has 0 amide bonds. The van der Waals surface area contributed by atoms with Gasteiger partial charge in [0.05, 0.1) is 0 Å². The summed E-state index contributed by atoms with van der Waals surface area (Å²) < 4.78 is 13.1. The van der Waals surface area contributed by atoms with Crippen molar-refractivity contribution in [3.05, 3.63) is 175 Å². The molecule has 0 aliphatic heterocycles. The molecule has 2 heterocycles. The van der Waals surface area contributed by atoms with Crippen LogP contribution < -0.4 is 10.2 Å². The van der Waals surface area contributed by atoms with Gasteiger partial charge in [-0.15, -0.1) is 0 Å². The van der Waals surface area contributed by atoms with Gasteiger partial charge in [-0.05, 0) is 154 Å². The van der Waals surface area contributed by atoms with Crippen LogP contribution in [0.3, 0.4) is 0 Å². The number of furan rings is 2. The first kappa shape index (κ1) is 29.7. The number of anilines is 5. The summed E-state index contributed by atoms with van der Waals surface area (Å²) in [4.78, 5) is 2.31. The highest BCUT2D eigenvalue weighted by molar-refractivity contribution is 6.18. The lowest BCUT2D eigenvalue weighted by atomic mass is 10.0. The minimum Gasteiger partial charge on any atom is -0.456 e. The molecule has 250 valence electrons. The quantitative estimate of drug-likeness (QED) is 0.196. The summed E-state index contributed by atoms with van der Waals surface area (Å²) in [5.41, 5.74) is 10.2. The number of para-hydroxylation sites is 2. The Kier molecular flexibility index (Phi) is 6.43. The van der Waals surface area contributed by atoms with E-state index in [0.717, 1.165) is 93.9 Å². The van der Waals surface area contributed by atoms with Crippen molar-refractivity contribution < 1.29 is 8.83 Å². The van der Waals surface area contributed by atoms with Crippen molar-refractivity contribution in [3.63, 3.8) is 0 Å². The maximum Gasteiger partial charge on any atom is 0.136 e. The Morgan fingerprint density at radius 2 is 0.849 bits per heavy atom. The molecule has 0 atom stereocenters. The number of rotatable bonds is 5. The second kappa shape index (κ2) is 11.5. The number of aryl methyl sites for hydroxylation is 1. The Balaban J connectivity index is 1.01. The number of benzene rings is 9. The molecule has 0 saturated heterocycles. The van der Waals surface area contributed by atoms with E-state index in [0.29, 0.717) is 0 Å². The molecule has 4 nitrogen and oxygen atoms in total. The van der Waals surface area contributed by atoms with Crippen LogP contribution in [0.15, 0.2) is 179 Å². The first-order chi connectivity index (χ1) is 26.1. The number of hydrogen-bond donors (Lipinski definition) is 1. The highest BCUT2D eigenvalue weighted by Gasteiger charge is 2.16. The third-order valence-electron chi connectivity index (χ3n) is 10.5. The van der Waals surface area contributed by atoms with Crippen molar-refractivity contribution in [1.29, 1.82) is 0 Å². The van der Waals surface area contributed by atoms with Gasteiger partial charge in [0.2, 0.25) is 0 Å². The zero-order valence-corrected chi connectivity index (χ0v) is 28.9. The molecule has 0 saturated carbocycles. The molecule has 9 aromatic carbocycles. The van der Waals surface area contributed by atoms with Gasteiger partial charge in [0.25, 0.3) is 0 Å². The predicted molar refractivity (Wildman–Crippen MR) is 223 cm³/mol. The maximum atomic E-state index is 6.58. The summed E-state index contributed by atoms with van der Waals surface area (Å²) in [7, 11) is 0. The molecule has 2 aromatic heterocycles. The van der Waals surface area contributed by atoms with Crippen molar-refractivity contribution in [2.45, 2.75) is 6.92 Å². The summed E-state index contributed by atoms with van der Waals surface area (Å²) in [6, 6.07) is 60.3. The lowest BCUT2D eigenvalue weighted by molar-refractivity contribution is 0.669. The van der Waals surface area contributed by atoms with Gasteiger partial charge >= 0.3 is 0 Å². The Bertz CT molecular complexity index is 3210. The molecule has 53 heavy (non-hydrogen) atoms. The van der Waals surface area contributed by atoms with Gasteiger partial charge in [0, 0.05) is 50.0 Å². The van der Waals surface area contributed by atoms with Crippen LogP contribution >= 0.6 is 0 Å². The fraction of sp³-hybridized carbons (Fsp3) is 0.0204. The Morgan fingerprint density at radius 1 is 0.358 bits per heavy atom. The summed E-state index contributed by atoms with van der Waals surface area (Å²) in [5, 5.41) is 14.8. The van der Waals surface area contributed by atoms with E-state index >= 15 is 0 Å². The summed E-state index contributed by atoms with van der Waals surface area (Å²) in [6.45, 7) is 2.14. The molecule has 0 bridgehead atoms. The fourth-order valence-electron chi connectivity index (χ4n) is 7.96. The molecule has 0 aliphatic rings. The zero-order valence-electron chi connectivity index (χ0n) is 28.9. The lowest BCUT2D eigenvalue weighted by Gasteiger charge is -2.26. The average Bonchev–Trinajstić information content (AvgIpc) is 3.70. The first-order valence-electron chi connectivity index (χ1n) is 18.0. The Morgan fingerprint density at radius 3 is 1.47 bits per heavy atom. The fourth-order valence-corrected chi connectivity index (χ4v) is 7.96. The molecule has 11 rings (SSSR count). The second-order valence-electron chi connectivity index (χ2n) is 14.0. The van der Waals surface area contributed by atoms with E-state index in [4.69, 9.17) is 8.83 Å². The monoisotopic (exact) mass is 680 g/mol. The topological polar surface area (TPSA) is 41.6 Å². The molecule has 1 N–H and O–H groups in total. The first-order valence-corrected chi connectivity index (χ1v) is 18.0. The van der Waals surface area contributed by atoms with Gasteiger partial charge in [0.1, 0.15) is 22.3 Å². The van der Waals surface area contributed by atoms with E-state index in [1.807, 2.05) is 18.2 Å². The molecule has 4 heteroatoms. The van der Waals surface area contributed by atoms with Gasteiger partial charge in [-0.1, -0.05) is 60.7 Å². The van der Waals surface area contributed by atoms with Crippen LogP contribution in [-0.2, 0) is 0 Å². The van der Waals surface area contributed by atoms with Crippen molar-refractivity contribution in [1.82, 2.24) is 0 Å². The minimum absolute atomic E-state index is 0.869. The van der Waals surface area contributed by atoms with Gasteiger partial charge in [-0.3, -0.25) is 0 Å². The van der Waals surface area contributed by atoms with E-state index in [-0.39, 0.29) is 0 Å². The number of nitrogens with one attached hydrogen (secondary N) is 1. The summed E-state index contributed by atoms with van der Waals surface area (Å²) in [5.74, 6) is 0. The highest BCUT2D eigenvalue weighted by atomic mass is 16.3. The SMILES string of the molecule is Cc1cccc(N(c2ccccc2)c2ccc3cc4c(cc3c2)oc2cc3cc5oc6cc7cc(Nc8ccccc8)ccc7cc6c5cc3cc24)c1. The lowest BCUT2D eigenvalue weighted by Crippen LogP contribution is -2.09. The second-order valence-corrected chi connectivity index (χ2v) is 14.0. The number of nitrogens with zero attached hydrogens (tertiary/aromatic N) is 1. The van der Waals surface area contributed by atoms with E-state index in [2.05, 4.69) is 169 Å². The van der Waals surface area contributed by atoms with E-state index < -0.39 is 0 Å². The van der Waals surface area contributed by atoms with E-state index in [1.165, 1.54) is 16.3 Å². The molecule has 0 fully saturated rings. The zero-order chi connectivity index (χ0) is 35.0. The molecule has 11 aromatic rings. The van der Waals surface area contributed by atoms with Crippen LogP contribution in [0.2, 0.25) is 0 Å². The Hall–Kier alpha value is -7.04. The minimum atomic E-state index is 0.869. The predicted octanol–water partition coefficient (Wildman–Crippen LogP) is 14.5. The van der Waals surface area contributed by atoms with Crippen LogP contribution in [0.5, 0.6) is 0 Å². The van der Waals surface area contributed by atoms with Crippen molar-refractivity contribution in [3.8, 4) is 0 Å². The largest absolute Gasteiger partial charge is 0.456 e. The smallest absolute Gasteiger partial charge is 0.136 e. The third-order valence-corrected chi connectivity index (χ3v) is 10.5. The molecule has 0 aliphatic carbocycles. The highest BCUT2D eigenvalue weighted by Crippen LogP contribution is 2.41.